The third-order valence-corrected chi connectivity index (χ3v) is 5.52. The van der Waals surface area contributed by atoms with Gasteiger partial charge in [0.15, 0.2) is 0 Å². The van der Waals surface area contributed by atoms with Gasteiger partial charge < -0.3 is 18.8 Å². The van der Waals surface area contributed by atoms with E-state index >= 15 is 0 Å². The zero-order valence-electron chi connectivity index (χ0n) is 17.8. The van der Waals surface area contributed by atoms with E-state index in [0.29, 0.717) is 36.5 Å². The third-order valence-electron chi connectivity index (χ3n) is 5.52. The standard InChI is InChI=1S/C25H26FNO4/c1-29-20-10-12-23(30-2)17(15-20)16-27(18-7-8-18)25(28)14-11-19-9-13-24(31-19)21-5-3-4-6-22(21)26/h3-6,9-10,12-13,15,18H,7-8,11,14,16H2,1-2H3. The maximum Gasteiger partial charge on any atom is 0.223 e. The Morgan fingerprint density at radius 2 is 1.90 bits per heavy atom. The van der Waals surface area contributed by atoms with Crippen molar-refractivity contribution in [2.24, 2.45) is 0 Å². The molecule has 31 heavy (non-hydrogen) atoms. The Labute approximate surface area is 181 Å². The van der Waals surface area contributed by atoms with Crippen molar-refractivity contribution < 1.29 is 23.1 Å². The second-order valence-corrected chi connectivity index (χ2v) is 7.68. The number of carbonyl (C=O) groups is 1. The van der Waals surface area contributed by atoms with Crippen LogP contribution in [0, 0.1) is 5.82 Å². The maximum absolute atomic E-state index is 14.0. The van der Waals surface area contributed by atoms with Gasteiger partial charge in [0.2, 0.25) is 5.91 Å². The van der Waals surface area contributed by atoms with Crippen molar-refractivity contribution in [2.45, 2.75) is 38.3 Å². The van der Waals surface area contributed by atoms with Gasteiger partial charge in [-0.05, 0) is 55.3 Å². The van der Waals surface area contributed by atoms with E-state index in [9.17, 15) is 9.18 Å². The van der Waals surface area contributed by atoms with Crippen LogP contribution >= 0.6 is 0 Å². The van der Waals surface area contributed by atoms with Crippen molar-refractivity contribution in [3.63, 3.8) is 0 Å². The van der Waals surface area contributed by atoms with Gasteiger partial charge in [0.05, 0.1) is 19.8 Å². The van der Waals surface area contributed by atoms with Crippen LogP contribution in [-0.2, 0) is 17.8 Å². The van der Waals surface area contributed by atoms with Gasteiger partial charge in [-0.2, -0.15) is 0 Å². The minimum Gasteiger partial charge on any atom is -0.497 e. The van der Waals surface area contributed by atoms with Crippen molar-refractivity contribution in [1.82, 2.24) is 4.90 Å². The smallest absolute Gasteiger partial charge is 0.223 e. The highest BCUT2D eigenvalue weighted by molar-refractivity contribution is 5.77. The summed E-state index contributed by atoms with van der Waals surface area (Å²) < 4.78 is 30.6. The lowest BCUT2D eigenvalue weighted by atomic mass is 10.1. The van der Waals surface area contributed by atoms with E-state index in [1.165, 1.54) is 6.07 Å². The highest BCUT2D eigenvalue weighted by Gasteiger charge is 2.33. The highest BCUT2D eigenvalue weighted by Crippen LogP contribution is 2.33. The molecule has 1 aromatic heterocycles. The molecule has 1 heterocycles. The number of furan rings is 1. The predicted molar refractivity (Wildman–Crippen MR) is 116 cm³/mol. The molecule has 0 saturated heterocycles. The van der Waals surface area contributed by atoms with Gasteiger partial charge in [0.25, 0.3) is 0 Å². The fraction of sp³-hybridized carbons (Fsp3) is 0.320. The van der Waals surface area contributed by atoms with E-state index in [1.54, 1.807) is 38.5 Å². The van der Waals surface area contributed by atoms with Crippen LogP contribution in [-0.4, -0.2) is 31.1 Å². The summed E-state index contributed by atoms with van der Waals surface area (Å²) in [7, 11) is 3.24. The Balaban J connectivity index is 1.43. The Bertz CT molecular complexity index is 1060. The molecule has 4 rings (SSSR count). The molecule has 0 aliphatic heterocycles. The second kappa shape index (κ2) is 9.25. The lowest BCUT2D eigenvalue weighted by Gasteiger charge is -2.24. The van der Waals surface area contributed by atoms with Gasteiger partial charge in [-0.1, -0.05) is 12.1 Å². The second-order valence-electron chi connectivity index (χ2n) is 7.68. The van der Waals surface area contributed by atoms with Crippen LogP contribution in [0.1, 0.15) is 30.6 Å². The minimum atomic E-state index is -0.327. The van der Waals surface area contributed by atoms with Crippen LogP contribution in [0.3, 0.4) is 0 Å². The Morgan fingerprint density at radius 1 is 1.10 bits per heavy atom. The summed E-state index contributed by atoms with van der Waals surface area (Å²) in [6.45, 7) is 0.475. The summed E-state index contributed by atoms with van der Waals surface area (Å²) in [5.41, 5.74) is 1.34. The van der Waals surface area contributed by atoms with Crippen LogP contribution < -0.4 is 9.47 Å². The van der Waals surface area contributed by atoms with Crippen LogP contribution in [0.4, 0.5) is 4.39 Å². The number of amides is 1. The van der Waals surface area contributed by atoms with Crippen molar-refractivity contribution in [3.05, 3.63) is 71.7 Å². The zero-order valence-corrected chi connectivity index (χ0v) is 17.8. The Hall–Kier alpha value is -3.28. The summed E-state index contributed by atoms with van der Waals surface area (Å²) >= 11 is 0. The van der Waals surface area contributed by atoms with Gasteiger partial charge >= 0.3 is 0 Å². The molecule has 0 bridgehead atoms. The van der Waals surface area contributed by atoms with Crippen molar-refractivity contribution in [1.29, 1.82) is 0 Å². The largest absolute Gasteiger partial charge is 0.497 e. The Morgan fingerprint density at radius 3 is 2.61 bits per heavy atom. The molecule has 0 atom stereocenters. The van der Waals surface area contributed by atoms with Crippen molar-refractivity contribution in [2.75, 3.05) is 14.2 Å². The first-order valence-corrected chi connectivity index (χ1v) is 10.4. The van der Waals surface area contributed by atoms with E-state index < -0.39 is 0 Å². The number of ether oxygens (including phenoxy) is 2. The summed E-state index contributed by atoms with van der Waals surface area (Å²) in [4.78, 5) is 15.0. The average molecular weight is 423 g/mol. The normalized spacial score (nSPS) is 13.1. The number of nitrogens with zero attached hydrogens (tertiary/aromatic N) is 1. The van der Waals surface area contributed by atoms with E-state index in [-0.39, 0.29) is 17.8 Å². The highest BCUT2D eigenvalue weighted by atomic mass is 19.1. The summed E-state index contributed by atoms with van der Waals surface area (Å²) in [6, 6.07) is 15.9. The van der Waals surface area contributed by atoms with E-state index in [4.69, 9.17) is 13.9 Å². The molecular formula is C25H26FNO4. The SMILES string of the molecule is COc1ccc(OC)c(CN(C(=O)CCc2ccc(-c3ccccc3F)o2)C2CC2)c1. The quantitative estimate of drug-likeness (QED) is 0.473. The van der Waals surface area contributed by atoms with Gasteiger partial charge in [0.1, 0.15) is 28.8 Å². The molecule has 1 amide bonds. The van der Waals surface area contributed by atoms with Gasteiger partial charge in [-0.25, -0.2) is 4.39 Å². The molecule has 1 aliphatic rings. The fourth-order valence-electron chi connectivity index (χ4n) is 3.69. The molecule has 1 fully saturated rings. The van der Waals surface area contributed by atoms with E-state index in [1.807, 2.05) is 29.2 Å². The van der Waals surface area contributed by atoms with Crippen LogP contribution in [0.2, 0.25) is 0 Å². The lowest BCUT2D eigenvalue weighted by molar-refractivity contribution is -0.132. The monoisotopic (exact) mass is 423 g/mol. The first-order valence-electron chi connectivity index (χ1n) is 10.4. The molecule has 2 aromatic carbocycles. The summed E-state index contributed by atoms with van der Waals surface area (Å²) in [6.07, 6.45) is 2.81. The molecule has 0 unspecified atom stereocenters. The number of hydrogen-bond donors (Lipinski definition) is 0. The molecule has 0 radical (unpaired) electrons. The number of benzene rings is 2. The molecule has 0 N–H and O–H groups in total. The van der Waals surface area contributed by atoms with Crippen molar-refractivity contribution >= 4 is 5.91 Å². The molecule has 162 valence electrons. The number of halogens is 1. The van der Waals surface area contributed by atoms with Crippen LogP contribution in [0.15, 0.2) is 59.0 Å². The number of aryl methyl sites for hydroxylation is 1. The minimum absolute atomic E-state index is 0.0659. The van der Waals surface area contributed by atoms with Crippen molar-refractivity contribution in [3.8, 4) is 22.8 Å². The Kier molecular flexibility index (Phi) is 6.26. The lowest BCUT2D eigenvalue weighted by Crippen LogP contribution is -2.32. The molecule has 1 saturated carbocycles. The zero-order chi connectivity index (χ0) is 21.8. The third kappa shape index (κ3) is 4.90. The number of hydrogen-bond acceptors (Lipinski definition) is 4. The predicted octanol–water partition coefficient (Wildman–Crippen LogP) is 5.23. The number of carbonyl (C=O) groups excluding carboxylic acids is 1. The molecule has 3 aromatic rings. The first-order chi connectivity index (χ1) is 15.1. The fourth-order valence-corrected chi connectivity index (χ4v) is 3.69. The molecular weight excluding hydrogens is 397 g/mol. The van der Waals surface area contributed by atoms with Crippen LogP contribution in [0.5, 0.6) is 11.5 Å². The molecule has 0 spiro atoms. The van der Waals surface area contributed by atoms with E-state index in [0.717, 1.165) is 29.9 Å². The van der Waals surface area contributed by atoms with Gasteiger partial charge in [0, 0.05) is 31.0 Å². The van der Waals surface area contributed by atoms with Gasteiger partial charge in [-0.15, -0.1) is 0 Å². The average Bonchev–Trinajstić information content (AvgIpc) is 3.53. The number of methoxy groups -OCH3 is 2. The van der Waals surface area contributed by atoms with Gasteiger partial charge in [-0.3, -0.25) is 4.79 Å². The topological polar surface area (TPSA) is 51.9 Å². The number of rotatable bonds is 9. The molecule has 1 aliphatic carbocycles. The summed E-state index contributed by atoms with van der Waals surface area (Å²) in [5, 5.41) is 0. The first kappa shape index (κ1) is 21.0. The summed E-state index contributed by atoms with van der Waals surface area (Å²) in [5.74, 6) is 2.35. The molecule has 6 heteroatoms. The molecule has 5 nitrogen and oxygen atoms in total. The van der Waals surface area contributed by atoms with Crippen LogP contribution in [0.25, 0.3) is 11.3 Å². The van der Waals surface area contributed by atoms with E-state index in [2.05, 4.69) is 0 Å². The maximum atomic E-state index is 14.0.